The van der Waals surface area contributed by atoms with E-state index in [0.29, 0.717) is 13.0 Å². The second-order valence-corrected chi connectivity index (χ2v) is 5.59. The van der Waals surface area contributed by atoms with Crippen molar-refractivity contribution in [2.75, 3.05) is 26.3 Å². The maximum atomic E-state index is 11.4. The highest BCUT2D eigenvalue weighted by atomic mass is 32.1. The summed E-state index contributed by atoms with van der Waals surface area (Å²) >= 11 is 1.61. The molecule has 5 nitrogen and oxygen atoms in total. The van der Waals surface area contributed by atoms with Gasteiger partial charge in [-0.15, -0.1) is 11.3 Å². The summed E-state index contributed by atoms with van der Waals surface area (Å²) in [5.74, 6) is 0.104. The lowest BCUT2D eigenvalue weighted by Gasteiger charge is -2.25. The highest BCUT2D eigenvalue weighted by molar-refractivity contribution is 7.09. The minimum absolute atomic E-state index is 0.104. The van der Waals surface area contributed by atoms with Crippen LogP contribution in [0.25, 0.3) is 0 Å². The molecule has 0 radical (unpaired) electrons. The van der Waals surface area contributed by atoms with Gasteiger partial charge < -0.3 is 10.1 Å². The van der Waals surface area contributed by atoms with Crippen molar-refractivity contribution >= 4 is 17.2 Å². The van der Waals surface area contributed by atoms with Gasteiger partial charge in [0.2, 0.25) is 5.91 Å². The molecule has 1 fully saturated rings. The van der Waals surface area contributed by atoms with Crippen molar-refractivity contribution in [2.45, 2.75) is 32.9 Å². The van der Waals surface area contributed by atoms with Gasteiger partial charge in [-0.25, -0.2) is 4.98 Å². The quantitative estimate of drug-likeness (QED) is 0.857. The van der Waals surface area contributed by atoms with E-state index in [1.54, 1.807) is 11.3 Å². The number of hydrogen-bond acceptors (Lipinski definition) is 5. The molecule has 0 atom stereocenters. The minimum atomic E-state index is 0.104. The van der Waals surface area contributed by atoms with Gasteiger partial charge in [-0.05, 0) is 6.42 Å². The summed E-state index contributed by atoms with van der Waals surface area (Å²) in [6, 6.07) is 0. The molecule has 19 heavy (non-hydrogen) atoms. The largest absolute Gasteiger partial charge is 0.379 e. The van der Waals surface area contributed by atoms with Crippen LogP contribution in [0.15, 0.2) is 5.38 Å². The molecule has 1 N–H and O–H groups in total. The number of carbonyl (C=O) groups is 1. The number of nitrogens with zero attached hydrogens (tertiary/aromatic N) is 2. The molecule has 2 heterocycles. The number of morpholine rings is 1. The Morgan fingerprint density at radius 2 is 2.32 bits per heavy atom. The molecule has 6 heteroatoms. The molecule has 0 unspecified atom stereocenters. The Morgan fingerprint density at radius 3 is 3.05 bits per heavy atom. The van der Waals surface area contributed by atoms with E-state index in [0.717, 1.165) is 50.0 Å². The van der Waals surface area contributed by atoms with E-state index in [1.165, 1.54) is 0 Å². The monoisotopic (exact) mass is 283 g/mol. The van der Waals surface area contributed by atoms with Crippen molar-refractivity contribution in [3.05, 3.63) is 16.1 Å². The summed E-state index contributed by atoms with van der Waals surface area (Å²) in [5.41, 5.74) is 1.09. The Balaban J connectivity index is 1.76. The Hall–Kier alpha value is -0.980. The van der Waals surface area contributed by atoms with Gasteiger partial charge >= 0.3 is 0 Å². The maximum absolute atomic E-state index is 11.4. The average molecular weight is 283 g/mol. The van der Waals surface area contributed by atoms with E-state index in [-0.39, 0.29) is 5.91 Å². The third kappa shape index (κ3) is 4.89. The molecule has 0 bridgehead atoms. The summed E-state index contributed by atoms with van der Waals surface area (Å²) < 4.78 is 5.32. The predicted octanol–water partition coefficient (Wildman–Crippen LogP) is 1.39. The highest BCUT2D eigenvalue weighted by Crippen LogP contribution is 2.12. The van der Waals surface area contributed by atoms with Crippen molar-refractivity contribution in [3.63, 3.8) is 0 Å². The van der Waals surface area contributed by atoms with Crippen LogP contribution < -0.4 is 5.32 Å². The zero-order valence-corrected chi connectivity index (χ0v) is 12.2. The van der Waals surface area contributed by atoms with Gasteiger partial charge in [-0.3, -0.25) is 9.69 Å². The summed E-state index contributed by atoms with van der Waals surface area (Å²) in [6.45, 7) is 6.99. The van der Waals surface area contributed by atoms with Crippen LogP contribution in [-0.2, 0) is 22.6 Å². The number of carbonyl (C=O) groups excluding carboxylic acids is 1. The molecular formula is C13H21N3O2S. The Bertz CT molecular complexity index is 402. The van der Waals surface area contributed by atoms with Gasteiger partial charge in [-0.2, -0.15) is 0 Å². The van der Waals surface area contributed by atoms with E-state index < -0.39 is 0 Å². The highest BCUT2D eigenvalue weighted by Gasteiger charge is 2.12. The third-order valence-electron chi connectivity index (χ3n) is 3.00. The number of nitrogens with one attached hydrogen (secondary N) is 1. The van der Waals surface area contributed by atoms with Crippen LogP contribution in [0, 0.1) is 0 Å². The van der Waals surface area contributed by atoms with Crippen molar-refractivity contribution < 1.29 is 9.53 Å². The molecule has 106 valence electrons. The zero-order chi connectivity index (χ0) is 13.5. The number of amides is 1. The molecule has 2 rings (SSSR count). The topological polar surface area (TPSA) is 54.5 Å². The van der Waals surface area contributed by atoms with E-state index in [4.69, 9.17) is 4.74 Å². The van der Waals surface area contributed by atoms with Crippen LogP contribution in [0.4, 0.5) is 0 Å². The zero-order valence-electron chi connectivity index (χ0n) is 11.4. The number of rotatable bonds is 6. The first-order valence-corrected chi connectivity index (χ1v) is 7.66. The van der Waals surface area contributed by atoms with E-state index in [9.17, 15) is 4.79 Å². The molecule has 0 aromatic carbocycles. The van der Waals surface area contributed by atoms with E-state index >= 15 is 0 Å². The maximum Gasteiger partial charge on any atom is 0.220 e. The Labute approximate surface area is 118 Å². The number of ether oxygens (including phenoxy) is 1. The fourth-order valence-electron chi connectivity index (χ4n) is 1.98. The van der Waals surface area contributed by atoms with Crippen molar-refractivity contribution in [2.24, 2.45) is 0 Å². The molecule has 1 aliphatic heterocycles. The van der Waals surface area contributed by atoms with Crippen LogP contribution in [0.1, 0.15) is 30.5 Å². The van der Waals surface area contributed by atoms with Crippen LogP contribution in [0.2, 0.25) is 0 Å². The van der Waals surface area contributed by atoms with E-state index in [1.807, 2.05) is 6.92 Å². The number of hydrogen-bond donors (Lipinski definition) is 1. The molecule has 1 saturated heterocycles. The van der Waals surface area contributed by atoms with Crippen LogP contribution >= 0.6 is 11.3 Å². The Morgan fingerprint density at radius 1 is 1.53 bits per heavy atom. The molecule has 1 aliphatic rings. The van der Waals surface area contributed by atoms with Gasteiger partial charge in [0.05, 0.1) is 25.5 Å². The SMILES string of the molecule is CCCC(=O)NCc1nc(CN2CCOCC2)cs1. The number of thiazole rings is 1. The molecule has 1 aromatic heterocycles. The lowest BCUT2D eigenvalue weighted by molar-refractivity contribution is -0.121. The number of aromatic nitrogens is 1. The second-order valence-electron chi connectivity index (χ2n) is 4.65. The van der Waals surface area contributed by atoms with Crippen LogP contribution in [0.5, 0.6) is 0 Å². The molecule has 0 aliphatic carbocycles. The van der Waals surface area contributed by atoms with Crippen LogP contribution in [0.3, 0.4) is 0 Å². The summed E-state index contributed by atoms with van der Waals surface area (Å²) in [4.78, 5) is 18.3. The molecule has 0 spiro atoms. The van der Waals surface area contributed by atoms with Crippen LogP contribution in [-0.4, -0.2) is 42.1 Å². The standard InChI is InChI=1S/C13H21N3O2S/c1-2-3-12(17)14-8-13-15-11(10-19-13)9-16-4-6-18-7-5-16/h10H,2-9H2,1H3,(H,14,17). The lowest BCUT2D eigenvalue weighted by atomic mass is 10.3. The van der Waals surface area contributed by atoms with Crippen molar-refractivity contribution in [1.82, 2.24) is 15.2 Å². The summed E-state index contributed by atoms with van der Waals surface area (Å²) in [5, 5.41) is 5.95. The van der Waals surface area contributed by atoms with Gasteiger partial charge in [0.25, 0.3) is 0 Å². The Kier molecular flexibility index (Phi) is 5.75. The molecule has 1 aromatic rings. The lowest BCUT2D eigenvalue weighted by Crippen LogP contribution is -2.35. The fraction of sp³-hybridized carbons (Fsp3) is 0.692. The smallest absolute Gasteiger partial charge is 0.220 e. The van der Waals surface area contributed by atoms with Gasteiger partial charge in [0, 0.05) is 31.4 Å². The van der Waals surface area contributed by atoms with E-state index in [2.05, 4.69) is 20.6 Å². The van der Waals surface area contributed by atoms with Crippen molar-refractivity contribution in [1.29, 1.82) is 0 Å². The fourth-order valence-corrected chi connectivity index (χ4v) is 2.71. The van der Waals surface area contributed by atoms with Gasteiger partial charge in [-0.1, -0.05) is 6.92 Å². The first kappa shape index (κ1) is 14.4. The molecular weight excluding hydrogens is 262 g/mol. The predicted molar refractivity (Wildman–Crippen MR) is 75.0 cm³/mol. The molecule has 1 amide bonds. The average Bonchev–Trinajstić information content (AvgIpc) is 2.86. The third-order valence-corrected chi connectivity index (χ3v) is 3.90. The first-order valence-electron chi connectivity index (χ1n) is 6.78. The second kappa shape index (κ2) is 7.57. The first-order chi connectivity index (χ1) is 9.28. The normalized spacial score (nSPS) is 16.5. The minimum Gasteiger partial charge on any atom is -0.379 e. The van der Waals surface area contributed by atoms with Gasteiger partial charge in [0.1, 0.15) is 5.01 Å². The summed E-state index contributed by atoms with van der Waals surface area (Å²) in [6.07, 6.45) is 1.47. The van der Waals surface area contributed by atoms with Crippen molar-refractivity contribution in [3.8, 4) is 0 Å². The molecule has 0 saturated carbocycles. The summed E-state index contributed by atoms with van der Waals surface area (Å²) in [7, 11) is 0. The van der Waals surface area contributed by atoms with Gasteiger partial charge in [0.15, 0.2) is 0 Å².